The summed E-state index contributed by atoms with van der Waals surface area (Å²) in [5.74, 6) is -1.69. The van der Waals surface area contributed by atoms with Crippen LogP contribution in [0, 0.1) is 0 Å². The highest BCUT2D eigenvalue weighted by atomic mass is 32.2. The van der Waals surface area contributed by atoms with E-state index >= 15 is 0 Å². The van der Waals surface area contributed by atoms with E-state index in [1.807, 2.05) is 49.4 Å². The van der Waals surface area contributed by atoms with E-state index in [2.05, 4.69) is 15.4 Å². The molecular formula is C25H27N3O6S. The minimum atomic E-state index is -4.03. The van der Waals surface area contributed by atoms with Gasteiger partial charge < -0.3 is 15.4 Å². The average molecular weight is 498 g/mol. The summed E-state index contributed by atoms with van der Waals surface area (Å²) in [4.78, 5) is 35.6. The van der Waals surface area contributed by atoms with E-state index in [0.29, 0.717) is 5.69 Å². The van der Waals surface area contributed by atoms with Gasteiger partial charge in [-0.3, -0.25) is 14.4 Å². The number of sulfonamides is 1. The molecular weight excluding hydrogens is 470 g/mol. The van der Waals surface area contributed by atoms with Crippen molar-refractivity contribution >= 4 is 44.3 Å². The molecule has 3 N–H and O–H groups in total. The molecule has 0 fully saturated rings. The Kier molecular flexibility index (Phi) is 8.21. The Bertz CT molecular complexity index is 1330. The zero-order valence-corrected chi connectivity index (χ0v) is 20.4. The molecule has 3 aromatic rings. The van der Waals surface area contributed by atoms with E-state index in [1.165, 1.54) is 38.1 Å². The fourth-order valence-corrected chi connectivity index (χ4v) is 4.71. The number of carbonyl (C=O) groups is 3. The van der Waals surface area contributed by atoms with Gasteiger partial charge in [-0.2, -0.15) is 4.72 Å². The van der Waals surface area contributed by atoms with Crippen molar-refractivity contribution in [3.05, 3.63) is 72.3 Å². The van der Waals surface area contributed by atoms with Gasteiger partial charge in [-0.25, -0.2) is 8.42 Å². The standard InChI is InChI=1S/C25H27N3O6S/c1-16(22-10-6-8-19-7-4-5-9-23(19)22)26-24(30)15-34-25(31)17(2)28-35(32,33)21-13-11-20(12-14-21)27-18(3)29/h4-14,16-17,28H,15H2,1-3H3,(H,26,30)(H,27,29)/t16?,17-/m0/s1. The van der Waals surface area contributed by atoms with E-state index < -0.39 is 34.5 Å². The minimum Gasteiger partial charge on any atom is -0.454 e. The maximum Gasteiger partial charge on any atom is 0.324 e. The molecule has 0 radical (unpaired) electrons. The van der Waals surface area contributed by atoms with E-state index in [4.69, 9.17) is 4.74 Å². The van der Waals surface area contributed by atoms with Crippen LogP contribution in [0.1, 0.15) is 32.4 Å². The minimum absolute atomic E-state index is 0.0899. The Hall–Kier alpha value is -3.76. The van der Waals surface area contributed by atoms with Crippen molar-refractivity contribution in [1.29, 1.82) is 0 Å². The van der Waals surface area contributed by atoms with Crippen LogP contribution in [0.5, 0.6) is 0 Å². The summed E-state index contributed by atoms with van der Waals surface area (Å²) in [6.45, 7) is 3.94. The lowest BCUT2D eigenvalue weighted by Crippen LogP contribution is -2.41. The maximum absolute atomic E-state index is 12.5. The molecule has 9 nitrogen and oxygen atoms in total. The molecule has 0 aliphatic carbocycles. The number of carbonyl (C=O) groups excluding carboxylic acids is 3. The number of esters is 1. The molecule has 3 rings (SSSR count). The van der Waals surface area contributed by atoms with Crippen LogP contribution in [0.25, 0.3) is 10.8 Å². The molecule has 10 heteroatoms. The van der Waals surface area contributed by atoms with E-state index in [1.54, 1.807) is 0 Å². The molecule has 0 saturated carbocycles. The second kappa shape index (κ2) is 11.1. The highest BCUT2D eigenvalue weighted by Crippen LogP contribution is 2.24. The van der Waals surface area contributed by atoms with Gasteiger partial charge in [-0.1, -0.05) is 42.5 Å². The lowest BCUT2D eigenvalue weighted by atomic mass is 10.00. The normalized spacial score (nSPS) is 13.0. The molecule has 2 amide bonds. The Morgan fingerprint density at radius 2 is 1.57 bits per heavy atom. The maximum atomic E-state index is 12.5. The highest BCUT2D eigenvalue weighted by molar-refractivity contribution is 7.89. The molecule has 184 valence electrons. The molecule has 0 aliphatic rings. The van der Waals surface area contributed by atoms with Crippen molar-refractivity contribution in [3.63, 3.8) is 0 Å². The number of rotatable bonds is 9. The number of hydrogen-bond acceptors (Lipinski definition) is 6. The highest BCUT2D eigenvalue weighted by Gasteiger charge is 2.24. The predicted molar refractivity (Wildman–Crippen MR) is 132 cm³/mol. The molecule has 35 heavy (non-hydrogen) atoms. The van der Waals surface area contributed by atoms with E-state index in [-0.39, 0.29) is 16.8 Å². The van der Waals surface area contributed by atoms with Gasteiger partial charge in [-0.05, 0) is 54.4 Å². The number of anilines is 1. The molecule has 0 aromatic heterocycles. The van der Waals surface area contributed by atoms with Gasteiger partial charge in [0.05, 0.1) is 10.9 Å². The first-order valence-electron chi connectivity index (χ1n) is 10.9. The molecule has 1 unspecified atom stereocenters. The van der Waals surface area contributed by atoms with Crippen LogP contribution in [-0.2, 0) is 29.1 Å². The summed E-state index contributed by atoms with van der Waals surface area (Å²) >= 11 is 0. The van der Waals surface area contributed by atoms with Crippen molar-refractivity contribution < 1.29 is 27.5 Å². The van der Waals surface area contributed by atoms with E-state index in [9.17, 15) is 22.8 Å². The molecule has 0 bridgehead atoms. The Balaban J connectivity index is 1.53. The largest absolute Gasteiger partial charge is 0.454 e. The van der Waals surface area contributed by atoms with Crippen LogP contribution in [0.2, 0.25) is 0 Å². The second-order valence-electron chi connectivity index (χ2n) is 8.01. The molecule has 2 atom stereocenters. The summed E-state index contributed by atoms with van der Waals surface area (Å²) in [7, 11) is -4.03. The second-order valence-corrected chi connectivity index (χ2v) is 9.73. The molecule has 0 spiro atoms. The summed E-state index contributed by atoms with van der Waals surface area (Å²) in [5, 5.41) is 7.38. The van der Waals surface area contributed by atoms with Crippen LogP contribution >= 0.6 is 0 Å². The van der Waals surface area contributed by atoms with Gasteiger partial charge in [0.1, 0.15) is 6.04 Å². The summed E-state index contributed by atoms with van der Waals surface area (Å²) in [5.41, 5.74) is 1.36. The number of ether oxygens (including phenoxy) is 1. The zero-order valence-electron chi connectivity index (χ0n) is 19.6. The van der Waals surface area contributed by atoms with Gasteiger partial charge in [0.2, 0.25) is 15.9 Å². The van der Waals surface area contributed by atoms with Gasteiger partial charge in [0.15, 0.2) is 6.61 Å². The number of benzene rings is 3. The van der Waals surface area contributed by atoms with Crippen LogP contribution in [0.15, 0.2) is 71.6 Å². The Morgan fingerprint density at radius 3 is 2.26 bits per heavy atom. The van der Waals surface area contributed by atoms with Gasteiger partial charge in [-0.15, -0.1) is 0 Å². The quantitative estimate of drug-likeness (QED) is 0.390. The third-order valence-electron chi connectivity index (χ3n) is 5.18. The number of hydrogen-bond donors (Lipinski definition) is 3. The first-order chi connectivity index (χ1) is 16.6. The lowest BCUT2D eigenvalue weighted by Gasteiger charge is -2.17. The fraction of sp³-hybridized carbons (Fsp3) is 0.240. The lowest BCUT2D eigenvalue weighted by molar-refractivity contribution is -0.149. The third-order valence-corrected chi connectivity index (χ3v) is 6.74. The van der Waals surface area contributed by atoms with Gasteiger partial charge >= 0.3 is 5.97 Å². The Morgan fingerprint density at radius 1 is 0.914 bits per heavy atom. The fourth-order valence-electron chi connectivity index (χ4n) is 3.52. The van der Waals surface area contributed by atoms with Crippen LogP contribution in [-0.4, -0.2) is 38.9 Å². The zero-order chi connectivity index (χ0) is 25.6. The Labute approximate surface area is 203 Å². The number of fused-ring (bicyclic) bond motifs is 1. The summed E-state index contributed by atoms with van der Waals surface area (Å²) in [6, 6.07) is 17.5. The topological polar surface area (TPSA) is 131 Å². The molecule has 0 saturated heterocycles. The average Bonchev–Trinajstić information content (AvgIpc) is 2.81. The van der Waals surface area contributed by atoms with Crippen molar-refractivity contribution in [2.75, 3.05) is 11.9 Å². The number of nitrogens with one attached hydrogen (secondary N) is 3. The predicted octanol–water partition coefficient (Wildman–Crippen LogP) is 2.89. The first-order valence-corrected chi connectivity index (χ1v) is 12.4. The smallest absolute Gasteiger partial charge is 0.324 e. The van der Waals surface area contributed by atoms with Gasteiger partial charge in [0, 0.05) is 12.6 Å². The molecule has 0 heterocycles. The van der Waals surface area contributed by atoms with Crippen LogP contribution in [0.3, 0.4) is 0 Å². The molecule has 0 aliphatic heterocycles. The van der Waals surface area contributed by atoms with Crippen molar-refractivity contribution in [3.8, 4) is 0 Å². The van der Waals surface area contributed by atoms with Crippen molar-refractivity contribution in [2.24, 2.45) is 0 Å². The molecule has 3 aromatic carbocycles. The van der Waals surface area contributed by atoms with Crippen LogP contribution in [0.4, 0.5) is 5.69 Å². The monoisotopic (exact) mass is 497 g/mol. The van der Waals surface area contributed by atoms with Gasteiger partial charge in [0.25, 0.3) is 5.91 Å². The first kappa shape index (κ1) is 25.9. The third kappa shape index (κ3) is 6.87. The van der Waals surface area contributed by atoms with E-state index in [0.717, 1.165) is 16.3 Å². The van der Waals surface area contributed by atoms with Crippen molar-refractivity contribution in [2.45, 2.75) is 37.8 Å². The van der Waals surface area contributed by atoms with Crippen LogP contribution < -0.4 is 15.4 Å². The number of amides is 2. The summed E-state index contributed by atoms with van der Waals surface area (Å²) < 4.78 is 32.3. The van der Waals surface area contributed by atoms with Crippen molar-refractivity contribution in [1.82, 2.24) is 10.0 Å². The summed E-state index contributed by atoms with van der Waals surface area (Å²) in [6.07, 6.45) is 0. The SMILES string of the molecule is CC(=O)Nc1ccc(S(=O)(=O)N[C@@H](C)C(=O)OCC(=O)NC(C)c2cccc3ccccc23)cc1.